The minimum absolute atomic E-state index is 0.0131. The maximum atomic E-state index is 13.2. The molecule has 2 fully saturated rings. The van der Waals surface area contributed by atoms with Crippen LogP contribution >= 0.6 is 0 Å². The van der Waals surface area contributed by atoms with Gasteiger partial charge in [-0.3, -0.25) is 9.59 Å². The molecule has 1 aliphatic heterocycles. The second kappa shape index (κ2) is 10.2. The monoisotopic (exact) mass is 473 g/mol. The van der Waals surface area contributed by atoms with Gasteiger partial charge in [0.15, 0.2) is 5.58 Å². The number of rotatable bonds is 5. The van der Waals surface area contributed by atoms with Crippen molar-refractivity contribution in [2.24, 2.45) is 11.8 Å². The first kappa shape index (κ1) is 23.6. The van der Waals surface area contributed by atoms with Gasteiger partial charge in [-0.15, -0.1) is 0 Å². The molecular weight excluding hydrogens is 438 g/mol. The van der Waals surface area contributed by atoms with E-state index >= 15 is 0 Å². The fourth-order valence-electron chi connectivity index (χ4n) is 5.46. The quantitative estimate of drug-likeness (QED) is 0.513. The number of nitrogens with zero attached hydrogens (tertiary/aromatic N) is 2. The summed E-state index contributed by atoms with van der Waals surface area (Å²) in [4.78, 5) is 32.5. The van der Waals surface area contributed by atoms with E-state index in [2.05, 4.69) is 10.3 Å². The molecule has 0 spiro atoms. The summed E-state index contributed by atoms with van der Waals surface area (Å²) in [6, 6.07) is 13.9. The van der Waals surface area contributed by atoms with Crippen LogP contribution in [0.4, 0.5) is 0 Å². The molecule has 1 aromatic heterocycles. The normalized spacial score (nSPS) is 18.5. The zero-order valence-electron chi connectivity index (χ0n) is 20.8. The summed E-state index contributed by atoms with van der Waals surface area (Å²) in [5.74, 6) is 1.07. The number of fused-ring (bicyclic) bond motifs is 1. The first-order valence-corrected chi connectivity index (χ1v) is 13.1. The molecule has 2 heterocycles. The molecule has 3 aromatic rings. The second-order valence-electron chi connectivity index (χ2n) is 10.3. The number of carbonyl (C=O) groups excluding carboxylic acids is 2. The van der Waals surface area contributed by atoms with Crippen molar-refractivity contribution < 1.29 is 14.0 Å². The van der Waals surface area contributed by atoms with Gasteiger partial charge in [0, 0.05) is 36.2 Å². The van der Waals surface area contributed by atoms with Crippen molar-refractivity contribution in [1.29, 1.82) is 0 Å². The van der Waals surface area contributed by atoms with Crippen molar-refractivity contribution in [2.45, 2.75) is 64.8 Å². The van der Waals surface area contributed by atoms with E-state index in [-0.39, 0.29) is 17.7 Å². The van der Waals surface area contributed by atoms with E-state index in [4.69, 9.17) is 4.42 Å². The second-order valence-corrected chi connectivity index (χ2v) is 10.3. The van der Waals surface area contributed by atoms with Crippen LogP contribution in [0, 0.1) is 18.8 Å². The molecule has 0 bridgehead atoms. The molecule has 5 rings (SSSR count). The first-order valence-electron chi connectivity index (χ1n) is 13.1. The van der Waals surface area contributed by atoms with Gasteiger partial charge < -0.3 is 14.6 Å². The van der Waals surface area contributed by atoms with Gasteiger partial charge in [-0.05, 0) is 68.9 Å². The molecule has 2 amide bonds. The highest BCUT2D eigenvalue weighted by atomic mass is 16.3. The van der Waals surface area contributed by atoms with Crippen molar-refractivity contribution in [2.75, 3.05) is 13.1 Å². The summed E-state index contributed by atoms with van der Waals surface area (Å²) in [5.41, 5.74) is 4.09. The number of amides is 2. The minimum atomic E-state index is -0.0131. The molecule has 1 atom stereocenters. The predicted octanol–water partition coefficient (Wildman–Crippen LogP) is 5.74. The van der Waals surface area contributed by atoms with E-state index in [1.807, 2.05) is 61.2 Å². The number of nitrogens with one attached hydrogen (secondary N) is 1. The van der Waals surface area contributed by atoms with E-state index in [9.17, 15) is 9.59 Å². The molecule has 184 valence electrons. The molecule has 0 radical (unpaired) electrons. The van der Waals surface area contributed by atoms with Gasteiger partial charge in [-0.25, -0.2) is 4.98 Å². The number of oxazole rings is 1. The Kier molecular flexibility index (Phi) is 6.89. The van der Waals surface area contributed by atoms with Crippen molar-refractivity contribution in [1.82, 2.24) is 15.2 Å². The Hall–Kier alpha value is -3.15. The van der Waals surface area contributed by atoms with Gasteiger partial charge >= 0.3 is 0 Å². The lowest BCUT2D eigenvalue weighted by Crippen LogP contribution is -2.45. The lowest BCUT2D eigenvalue weighted by atomic mass is 9.84. The topological polar surface area (TPSA) is 75.4 Å². The summed E-state index contributed by atoms with van der Waals surface area (Å²) in [6.45, 7) is 5.44. The van der Waals surface area contributed by atoms with Crippen LogP contribution in [0.25, 0.3) is 22.6 Å². The number of carbonyl (C=O) groups is 2. The van der Waals surface area contributed by atoms with Crippen LogP contribution in [0.1, 0.15) is 67.8 Å². The summed E-state index contributed by atoms with van der Waals surface area (Å²) in [6.07, 6.45) is 7.64. The van der Waals surface area contributed by atoms with Crippen LogP contribution in [0.5, 0.6) is 0 Å². The van der Waals surface area contributed by atoms with Crippen LogP contribution in [0.3, 0.4) is 0 Å². The molecular formula is C29H35N3O3. The third-order valence-electron chi connectivity index (χ3n) is 7.83. The van der Waals surface area contributed by atoms with Crippen LogP contribution in [0.2, 0.25) is 0 Å². The summed E-state index contributed by atoms with van der Waals surface area (Å²) in [7, 11) is 0. The number of likely N-dealkylation sites (tertiary alicyclic amines) is 1. The molecule has 35 heavy (non-hydrogen) atoms. The average Bonchev–Trinajstić information content (AvgIpc) is 3.32. The Balaban J connectivity index is 1.19. The molecule has 1 aliphatic carbocycles. The zero-order chi connectivity index (χ0) is 24.4. The molecule has 1 N–H and O–H groups in total. The Labute approximate surface area is 207 Å². The first-order chi connectivity index (χ1) is 17.0. The SMILES string of the molecule is Cc1ccc(-c2nc3cc(C(=O)N4CCC([C@H](C)C(=O)NC5CCCCC5)CC4)ccc3o2)cc1. The summed E-state index contributed by atoms with van der Waals surface area (Å²) >= 11 is 0. The lowest BCUT2D eigenvalue weighted by molar-refractivity contribution is -0.127. The minimum Gasteiger partial charge on any atom is -0.436 e. The van der Waals surface area contributed by atoms with Gasteiger partial charge in [0.2, 0.25) is 11.8 Å². The number of aromatic nitrogens is 1. The lowest BCUT2D eigenvalue weighted by Gasteiger charge is -2.35. The number of hydrogen-bond donors (Lipinski definition) is 1. The number of piperidine rings is 1. The van der Waals surface area contributed by atoms with Crippen molar-refractivity contribution in [3.05, 3.63) is 53.6 Å². The van der Waals surface area contributed by atoms with Gasteiger partial charge in [-0.2, -0.15) is 0 Å². The fourth-order valence-corrected chi connectivity index (χ4v) is 5.46. The fraction of sp³-hybridized carbons (Fsp3) is 0.483. The van der Waals surface area contributed by atoms with Gasteiger partial charge in [0.25, 0.3) is 5.91 Å². The molecule has 6 nitrogen and oxygen atoms in total. The zero-order valence-corrected chi connectivity index (χ0v) is 20.8. The van der Waals surface area contributed by atoms with Crippen LogP contribution < -0.4 is 5.32 Å². The average molecular weight is 474 g/mol. The largest absolute Gasteiger partial charge is 0.436 e. The van der Waals surface area contributed by atoms with E-state index in [0.717, 1.165) is 31.2 Å². The van der Waals surface area contributed by atoms with E-state index in [0.29, 0.717) is 47.6 Å². The van der Waals surface area contributed by atoms with E-state index in [1.165, 1.54) is 24.8 Å². The Bertz CT molecular complexity index is 1190. The third kappa shape index (κ3) is 5.26. The number of hydrogen-bond acceptors (Lipinski definition) is 4. The molecule has 0 unspecified atom stereocenters. The Morgan fingerprint density at radius 3 is 2.43 bits per heavy atom. The van der Waals surface area contributed by atoms with Gasteiger partial charge in [0.05, 0.1) is 0 Å². The number of benzene rings is 2. The van der Waals surface area contributed by atoms with Crippen molar-refractivity contribution >= 4 is 22.9 Å². The highest BCUT2D eigenvalue weighted by Crippen LogP contribution is 2.29. The maximum Gasteiger partial charge on any atom is 0.253 e. The van der Waals surface area contributed by atoms with Crippen molar-refractivity contribution in [3.8, 4) is 11.5 Å². The van der Waals surface area contributed by atoms with E-state index < -0.39 is 0 Å². The summed E-state index contributed by atoms with van der Waals surface area (Å²) < 4.78 is 5.92. The van der Waals surface area contributed by atoms with Crippen LogP contribution in [-0.2, 0) is 4.79 Å². The number of aryl methyl sites for hydroxylation is 1. The molecule has 6 heteroatoms. The van der Waals surface area contributed by atoms with Crippen LogP contribution in [-0.4, -0.2) is 40.8 Å². The Morgan fingerprint density at radius 1 is 1.00 bits per heavy atom. The molecule has 1 saturated carbocycles. The Morgan fingerprint density at radius 2 is 1.71 bits per heavy atom. The van der Waals surface area contributed by atoms with Gasteiger partial charge in [0.1, 0.15) is 5.52 Å². The maximum absolute atomic E-state index is 13.2. The molecule has 2 aromatic carbocycles. The molecule has 1 saturated heterocycles. The van der Waals surface area contributed by atoms with Gasteiger partial charge in [-0.1, -0.05) is 43.9 Å². The summed E-state index contributed by atoms with van der Waals surface area (Å²) in [5, 5.41) is 3.27. The van der Waals surface area contributed by atoms with E-state index in [1.54, 1.807) is 0 Å². The predicted molar refractivity (Wildman–Crippen MR) is 137 cm³/mol. The highest BCUT2D eigenvalue weighted by Gasteiger charge is 2.31. The van der Waals surface area contributed by atoms with Crippen LogP contribution in [0.15, 0.2) is 46.9 Å². The molecule has 2 aliphatic rings. The smallest absolute Gasteiger partial charge is 0.253 e. The third-order valence-corrected chi connectivity index (χ3v) is 7.83. The standard InChI is InChI=1S/C29H35N3O3/c1-19-8-10-22(11-9-19)28-31-25-18-23(12-13-26(25)35-28)29(34)32-16-14-21(15-17-32)20(2)27(33)30-24-6-4-3-5-7-24/h8-13,18,20-21,24H,3-7,14-17H2,1-2H3,(H,30,33)/t20-/m0/s1. The van der Waals surface area contributed by atoms with Crippen molar-refractivity contribution in [3.63, 3.8) is 0 Å². The highest BCUT2D eigenvalue weighted by molar-refractivity contribution is 5.97.